The second-order valence-corrected chi connectivity index (χ2v) is 8.21. The maximum Gasteiger partial charge on any atom is 0.406 e. The van der Waals surface area contributed by atoms with Crippen LogP contribution in [-0.4, -0.2) is 64.0 Å². The van der Waals surface area contributed by atoms with Crippen molar-refractivity contribution in [2.45, 2.75) is 44.8 Å². The van der Waals surface area contributed by atoms with Crippen LogP contribution in [0.2, 0.25) is 0 Å². The Bertz CT molecular complexity index is 1140. The third kappa shape index (κ3) is 5.27. The summed E-state index contributed by atoms with van der Waals surface area (Å²) in [6, 6.07) is 6.00. The van der Waals surface area contributed by atoms with Crippen LogP contribution in [0.5, 0.6) is 0 Å². The lowest BCUT2D eigenvalue weighted by atomic mass is 10.0. The van der Waals surface area contributed by atoms with Crippen molar-refractivity contribution in [3.8, 4) is 11.5 Å². The molecule has 1 amide bonds. The fourth-order valence-electron chi connectivity index (χ4n) is 3.99. The molecule has 0 saturated carbocycles. The number of amides is 1. The molecule has 0 unspecified atom stereocenters. The summed E-state index contributed by atoms with van der Waals surface area (Å²) in [7, 11) is 1.85. The molecule has 0 spiro atoms. The fourth-order valence-corrected chi connectivity index (χ4v) is 3.99. The lowest BCUT2D eigenvalue weighted by molar-refractivity contribution is -0.139. The number of fused-ring (bicyclic) bond motifs is 1. The summed E-state index contributed by atoms with van der Waals surface area (Å²) in [5.74, 6) is -0.282. The van der Waals surface area contributed by atoms with Gasteiger partial charge in [0.15, 0.2) is 0 Å². The van der Waals surface area contributed by atoms with E-state index in [2.05, 4.69) is 20.8 Å². The number of likely N-dealkylation sites (tertiary alicyclic amines) is 1. The molecule has 2 aromatic heterocycles. The number of hydrogen-bond donors (Lipinski definition) is 2. The van der Waals surface area contributed by atoms with Crippen LogP contribution in [0.25, 0.3) is 22.4 Å². The first-order chi connectivity index (χ1) is 15.6. The van der Waals surface area contributed by atoms with Gasteiger partial charge in [0.25, 0.3) is 0 Å². The first-order valence-corrected chi connectivity index (χ1v) is 10.5. The summed E-state index contributed by atoms with van der Waals surface area (Å²) in [4.78, 5) is 17.1. The van der Waals surface area contributed by atoms with Crippen molar-refractivity contribution < 1.29 is 26.9 Å². The number of hydrogen-bond acceptors (Lipinski definition) is 6. The van der Waals surface area contributed by atoms with Gasteiger partial charge in [-0.2, -0.15) is 18.2 Å². The Balaban J connectivity index is 1.72. The molecule has 12 heteroatoms. The molecule has 0 aliphatic carbocycles. The summed E-state index contributed by atoms with van der Waals surface area (Å²) in [6.45, 7) is 1.02. The van der Waals surface area contributed by atoms with Crippen molar-refractivity contribution in [3.05, 3.63) is 30.2 Å². The highest BCUT2D eigenvalue weighted by Gasteiger charge is 2.32. The van der Waals surface area contributed by atoms with Gasteiger partial charge < -0.3 is 24.6 Å². The summed E-state index contributed by atoms with van der Waals surface area (Å²) in [6.07, 6.45) is -5.03. The number of carbonyl (C=O) groups is 1. The molecule has 1 aliphatic rings. The highest BCUT2D eigenvalue weighted by molar-refractivity contribution is 5.96. The largest absolute Gasteiger partial charge is 0.406 e. The van der Waals surface area contributed by atoms with Crippen molar-refractivity contribution in [2.24, 2.45) is 0 Å². The Morgan fingerprint density at radius 1 is 1.33 bits per heavy atom. The van der Waals surface area contributed by atoms with Gasteiger partial charge in [0, 0.05) is 31.1 Å². The Kier molecular flexibility index (Phi) is 6.28. The maximum absolute atomic E-state index is 14.6. The molecule has 8 nitrogen and oxygen atoms in total. The summed E-state index contributed by atoms with van der Waals surface area (Å²) in [5.41, 5.74) is 0.951. The zero-order valence-electron chi connectivity index (χ0n) is 18.1. The number of piperidine rings is 1. The van der Waals surface area contributed by atoms with Gasteiger partial charge in [-0.1, -0.05) is 11.2 Å². The SMILES string of the molecule is CC(=O)NCc1nc(-c2cc3c(N[C@@H]4CCN(C)C[C@@H]4F)cccc3n2CC(F)(F)F)no1. The summed E-state index contributed by atoms with van der Waals surface area (Å²) >= 11 is 0. The lowest BCUT2D eigenvalue weighted by Gasteiger charge is -2.33. The molecule has 1 aromatic carbocycles. The van der Waals surface area contributed by atoms with Gasteiger partial charge in [-0.15, -0.1) is 0 Å². The number of carbonyl (C=O) groups excluding carboxylic acids is 1. The van der Waals surface area contributed by atoms with Crippen LogP contribution in [0.4, 0.5) is 23.2 Å². The predicted molar refractivity (Wildman–Crippen MR) is 113 cm³/mol. The minimum absolute atomic E-state index is 0.0376. The Labute approximate surface area is 186 Å². The van der Waals surface area contributed by atoms with Gasteiger partial charge in [-0.25, -0.2) is 4.39 Å². The van der Waals surface area contributed by atoms with E-state index in [1.807, 2.05) is 11.9 Å². The molecule has 178 valence electrons. The molecular formula is C21H24F4N6O2. The minimum atomic E-state index is -4.50. The predicted octanol–water partition coefficient (Wildman–Crippen LogP) is 3.34. The van der Waals surface area contributed by atoms with Crippen molar-refractivity contribution in [2.75, 3.05) is 25.5 Å². The number of rotatable bonds is 6. The highest BCUT2D eigenvalue weighted by Crippen LogP contribution is 2.35. The first kappa shape index (κ1) is 23.0. The van der Waals surface area contributed by atoms with E-state index in [-0.39, 0.29) is 36.4 Å². The van der Waals surface area contributed by atoms with Gasteiger partial charge in [0.1, 0.15) is 12.7 Å². The van der Waals surface area contributed by atoms with E-state index in [9.17, 15) is 22.4 Å². The number of anilines is 1. The first-order valence-electron chi connectivity index (χ1n) is 10.5. The topological polar surface area (TPSA) is 88.2 Å². The Morgan fingerprint density at radius 2 is 2.12 bits per heavy atom. The lowest BCUT2D eigenvalue weighted by Crippen LogP contribution is -2.46. The van der Waals surface area contributed by atoms with E-state index in [1.165, 1.54) is 6.92 Å². The van der Waals surface area contributed by atoms with E-state index in [4.69, 9.17) is 4.52 Å². The molecule has 3 heterocycles. The van der Waals surface area contributed by atoms with Crippen LogP contribution in [0.3, 0.4) is 0 Å². The molecule has 0 radical (unpaired) electrons. The normalized spacial score (nSPS) is 19.7. The maximum atomic E-state index is 14.6. The molecule has 3 aromatic rings. The molecule has 0 bridgehead atoms. The van der Waals surface area contributed by atoms with Crippen LogP contribution in [-0.2, 0) is 17.9 Å². The number of nitrogens with zero attached hydrogens (tertiary/aromatic N) is 4. The summed E-state index contributed by atoms with van der Waals surface area (Å²) < 4.78 is 61.0. The number of nitrogens with one attached hydrogen (secondary N) is 2. The summed E-state index contributed by atoms with van der Waals surface area (Å²) in [5, 5.41) is 9.98. The van der Waals surface area contributed by atoms with Crippen LogP contribution in [0, 0.1) is 0 Å². The smallest absolute Gasteiger partial charge is 0.379 e. The zero-order valence-corrected chi connectivity index (χ0v) is 18.1. The molecule has 4 rings (SSSR count). The standard InChI is InChI=1S/C21H24F4N6O2/c1-12(32)26-9-19-28-20(29-33-19)18-8-13-15(27-16-6-7-30(2)10-14(16)22)4-3-5-17(13)31(18)11-21(23,24)25/h3-5,8,14,16,27H,6-7,9-11H2,1-2H3,(H,26,32)/t14-,16+/m0/s1. The van der Waals surface area contributed by atoms with Crippen molar-refractivity contribution in [1.29, 1.82) is 0 Å². The quantitative estimate of drug-likeness (QED) is 0.540. The average molecular weight is 468 g/mol. The number of alkyl halides is 4. The van der Waals surface area contributed by atoms with E-state index in [1.54, 1.807) is 24.3 Å². The fraction of sp³-hybridized carbons (Fsp3) is 0.476. The average Bonchev–Trinajstić information content (AvgIpc) is 3.33. The molecule has 1 aliphatic heterocycles. The van der Waals surface area contributed by atoms with Crippen LogP contribution in [0.1, 0.15) is 19.2 Å². The molecule has 1 fully saturated rings. The van der Waals surface area contributed by atoms with E-state index < -0.39 is 24.9 Å². The third-order valence-corrected chi connectivity index (χ3v) is 5.55. The van der Waals surface area contributed by atoms with Crippen molar-refractivity contribution >= 4 is 22.5 Å². The molecule has 1 saturated heterocycles. The van der Waals surface area contributed by atoms with Crippen LogP contribution < -0.4 is 10.6 Å². The van der Waals surface area contributed by atoms with Gasteiger partial charge >= 0.3 is 6.18 Å². The monoisotopic (exact) mass is 468 g/mol. The van der Waals surface area contributed by atoms with Gasteiger partial charge in [-0.05, 0) is 31.7 Å². The molecular weight excluding hydrogens is 444 g/mol. The van der Waals surface area contributed by atoms with Gasteiger partial charge in [-0.3, -0.25) is 4.79 Å². The molecule has 2 N–H and O–H groups in total. The zero-order chi connectivity index (χ0) is 23.8. The van der Waals surface area contributed by atoms with Gasteiger partial charge in [0.2, 0.25) is 17.6 Å². The van der Waals surface area contributed by atoms with Gasteiger partial charge in [0.05, 0.1) is 23.8 Å². The highest BCUT2D eigenvalue weighted by atomic mass is 19.4. The molecule has 2 atom stereocenters. The third-order valence-electron chi connectivity index (χ3n) is 5.55. The minimum Gasteiger partial charge on any atom is -0.379 e. The second kappa shape index (κ2) is 9.00. The van der Waals surface area contributed by atoms with Crippen LogP contribution in [0.15, 0.2) is 28.8 Å². The Morgan fingerprint density at radius 3 is 2.82 bits per heavy atom. The number of halogens is 4. The van der Waals surface area contributed by atoms with Crippen LogP contribution >= 0.6 is 0 Å². The van der Waals surface area contributed by atoms with E-state index in [0.29, 0.717) is 29.6 Å². The van der Waals surface area contributed by atoms with E-state index >= 15 is 0 Å². The van der Waals surface area contributed by atoms with Crippen molar-refractivity contribution in [3.63, 3.8) is 0 Å². The van der Waals surface area contributed by atoms with E-state index in [0.717, 1.165) is 4.57 Å². The Hall–Kier alpha value is -3.15. The van der Waals surface area contributed by atoms with Crippen molar-refractivity contribution in [1.82, 2.24) is 24.9 Å². The number of benzene rings is 1. The second-order valence-electron chi connectivity index (χ2n) is 8.21. The molecule has 33 heavy (non-hydrogen) atoms. The number of aromatic nitrogens is 3.